The highest BCUT2D eigenvalue weighted by molar-refractivity contribution is 7.10. The van der Waals surface area contributed by atoms with E-state index in [9.17, 15) is 0 Å². The van der Waals surface area contributed by atoms with Gasteiger partial charge in [-0.05, 0) is 37.4 Å². The van der Waals surface area contributed by atoms with Gasteiger partial charge in [-0.25, -0.2) is 0 Å². The Morgan fingerprint density at radius 1 is 1.47 bits per heavy atom. The summed E-state index contributed by atoms with van der Waals surface area (Å²) in [7, 11) is 1.98. The van der Waals surface area contributed by atoms with Crippen LogP contribution in [0.25, 0.3) is 11.1 Å². The molecule has 2 aromatic heterocycles. The lowest BCUT2D eigenvalue weighted by atomic mass is 10.1. The molecule has 0 aliphatic carbocycles. The number of nitrogens with zero attached hydrogens (tertiary/aromatic N) is 2. The minimum atomic E-state index is 0.937. The van der Waals surface area contributed by atoms with Crippen LogP contribution in [-0.4, -0.2) is 16.8 Å². The Hall–Kier alpha value is -1.13. The number of hydrogen-bond donors (Lipinski definition) is 1. The van der Waals surface area contributed by atoms with Crippen LogP contribution in [0.4, 0.5) is 0 Å². The lowest BCUT2D eigenvalue weighted by molar-refractivity contribution is 0.598. The topological polar surface area (TPSA) is 29.9 Å². The fraction of sp³-hybridized carbons (Fsp3) is 0.462. The molecule has 2 heterocycles. The summed E-state index contributed by atoms with van der Waals surface area (Å²) in [6, 6.07) is 2.25. The molecule has 2 aromatic rings. The first kappa shape index (κ1) is 12.3. The number of thiophene rings is 1. The average Bonchev–Trinajstić information content (AvgIpc) is 2.87. The van der Waals surface area contributed by atoms with E-state index in [1.165, 1.54) is 16.0 Å². The number of aryl methyl sites for hydroxylation is 2. The smallest absolute Gasteiger partial charge is 0.0672 e. The van der Waals surface area contributed by atoms with E-state index in [1.54, 1.807) is 11.3 Å². The van der Waals surface area contributed by atoms with Gasteiger partial charge in [0.2, 0.25) is 0 Å². The van der Waals surface area contributed by atoms with Crippen molar-refractivity contribution >= 4 is 11.3 Å². The van der Waals surface area contributed by atoms with Crippen molar-refractivity contribution in [2.45, 2.75) is 33.4 Å². The van der Waals surface area contributed by atoms with Crippen LogP contribution in [0, 0.1) is 6.92 Å². The largest absolute Gasteiger partial charge is 0.315 e. The van der Waals surface area contributed by atoms with E-state index in [1.807, 2.05) is 11.7 Å². The molecule has 92 valence electrons. The van der Waals surface area contributed by atoms with E-state index in [0.29, 0.717) is 0 Å². The molecule has 0 atom stereocenters. The molecule has 0 aliphatic heterocycles. The molecule has 0 unspecified atom stereocenters. The second kappa shape index (κ2) is 5.47. The molecule has 0 saturated heterocycles. The van der Waals surface area contributed by atoms with Gasteiger partial charge in [0.15, 0.2) is 0 Å². The molecule has 4 heteroatoms. The Morgan fingerprint density at radius 2 is 2.29 bits per heavy atom. The zero-order valence-electron chi connectivity index (χ0n) is 10.7. The third-order valence-corrected chi connectivity index (χ3v) is 3.65. The van der Waals surface area contributed by atoms with Gasteiger partial charge in [-0.3, -0.25) is 4.68 Å². The monoisotopic (exact) mass is 249 g/mol. The van der Waals surface area contributed by atoms with Crippen LogP contribution < -0.4 is 5.32 Å². The number of rotatable bonds is 5. The summed E-state index contributed by atoms with van der Waals surface area (Å²) in [4.78, 5) is 1.37. The molecule has 17 heavy (non-hydrogen) atoms. The molecule has 3 nitrogen and oxygen atoms in total. The van der Waals surface area contributed by atoms with Gasteiger partial charge in [0.05, 0.1) is 5.69 Å². The molecule has 1 N–H and O–H groups in total. The second-order valence-electron chi connectivity index (χ2n) is 4.22. The Morgan fingerprint density at radius 3 is 3.00 bits per heavy atom. The van der Waals surface area contributed by atoms with Crippen LogP contribution in [0.2, 0.25) is 0 Å². The summed E-state index contributed by atoms with van der Waals surface area (Å²) >= 11 is 1.80. The summed E-state index contributed by atoms with van der Waals surface area (Å²) in [5.74, 6) is 0. The summed E-state index contributed by atoms with van der Waals surface area (Å²) in [6.07, 6.45) is 3.28. The van der Waals surface area contributed by atoms with E-state index < -0.39 is 0 Å². The molecule has 0 amide bonds. The van der Waals surface area contributed by atoms with Crippen molar-refractivity contribution in [3.8, 4) is 11.1 Å². The van der Waals surface area contributed by atoms with E-state index in [0.717, 1.165) is 25.2 Å². The van der Waals surface area contributed by atoms with Crippen molar-refractivity contribution in [1.29, 1.82) is 0 Å². The maximum absolute atomic E-state index is 4.54. The quantitative estimate of drug-likeness (QED) is 0.882. The predicted octanol–water partition coefficient (Wildman–Crippen LogP) is 3.05. The molecule has 2 rings (SSSR count). The first-order chi connectivity index (χ1) is 8.24. The summed E-state index contributed by atoms with van der Waals surface area (Å²) < 4.78 is 2.04. The number of nitrogens with one attached hydrogen (secondary N) is 1. The summed E-state index contributed by atoms with van der Waals surface area (Å²) in [5.41, 5.74) is 3.67. The van der Waals surface area contributed by atoms with E-state index in [4.69, 9.17) is 0 Å². The van der Waals surface area contributed by atoms with Crippen molar-refractivity contribution in [2.75, 3.05) is 7.05 Å². The highest BCUT2D eigenvalue weighted by Crippen LogP contribution is 2.27. The molecule has 0 spiro atoms. The minimum Gasteiger partial charge on any atom is -0.315 e. The third-order valence-electron chi connectivity index (χ3n) is 2.71. The fourth-order valence-electron chi connectivity index (χ4n) is 1.93. The average molecular weight is 249 g/mol. The summed E-state index contributed by atoms with van der Waals surface area (Å²) in [6.45, 7) is 6.18. The van der Waals surface area contributed by atoms with Crippen LogP contribution in [0.1, 0.15) is 23.9 Å². The zero-order valence-corrected chi connectivity index (χ0v) is 11.5. The van der Waals surface area contributed by atoms with Crippen LogP contribution in [0.3, 0.4) is 0 Å². The second-order valence-corrected chi connectivity index (χ2v) is 5.22. The van der Waals surface area contributed by atoms with Gasteiger partial charge in [0.1, 0.15) is 0 Å². The van der Waals surface area contributed by atoms with Crippen LogP contribution in [0.5, 0.6) is 0 Å². The van der Waals surface area contributed by atoms with E-state index in [-0.39, 0.29) is 0 Å². The van der Waals surface area contributed by atoms with Gasteiger partial charge < -0.3 is 5.32 Å². The highest BCUT2D eigenvalue weighted by atomic mass is 32.1. The maximum Gasteiger partial charge on any atom is 0.0672 e. The first-order valence-electron chi connectivity index (χ1n) is 6.01. The lowest BCUT2D eigenvalue weighted by Gasteiger charge is -1.94. The highest BCUT2D eigenvalue weighted by Gasteiger charge is 2.09. The Bertz CT molecular complexity index is 485. The van der Waals surface area contributed by atoms with Crippen LogP contribution >= 0.6 is 11.3 Å². The van der Waals surface area contributed by atoms with Crippen LogP contribution in [-0.2, 0) is 13.1 Å². The first-order valence-corrected chi connectivity index (χ1v) is 6.89. The van der Waals surface area contributed by atoms with E-state index >= 15 is 0 Å². The normalized spacial score (nSPS) is 11.0. The van der Waals surface area contributed by atoms with Gasteiger partial charge in [0.25, 0.3) is 0 Å². The van der Waals surface area contributed by atoms with Gasteiger partial charge in [-0.15, -0.1) is 11.3 Å². The standard InChI is InChI=1S/C13H19N3S/c1-4-5-16-8-13(10(2)15-16)11-6-12(7-14-3)17-9-11/h6,8-9,14H,4-5,7H2,1-3H3. The molecule has 0 fully saturated rings. The van der Waals surface area contributed by atoms with Gasteiger partial charge in [0, 0.05) is 29.7 Å². The molecule has 0 aromatic carbocycles. The van der Waals surface area contributed by atoms with Crippen molar-refractivity contribution in [3.05, 3.63) is 28.2 Å². The molecule has 0 saturated carbocycles. The van der Waals surface area contributed by atoms with Crippen molar-refractivity contribution in [3.63, 3.8) is 0 Å². The lowest BCUT2D eigenvalue weighted by Crippen LogP contribution is -2.02. The summed E-state index contributed by atoms with van der Waals surface area (Å²) in [5, 5.41) is 9.93. The maximum atomic E-state index is 4.54. The number of hydrogen-bond acceptors (Lipinski definition) is 3. The van der Waals surface area contributed by atoms with Crippen molar-refractivity contribution < 1.29 is 0 Å². The molecular weight excluding hydrogens is 230 g/mol. The Kier molecular flexibility index (Phi) is 3.97. The van der Waals surface area contributed by atoms with Crippen molar-refractivity contribution in [2.24, 2.45) is 0 Å². The van der Waals surface area contributed by atoms with Gasteiger partial charge in [-0.1, -0.05) is 6.92 Å². The molecule has 0 aliphatic rings. The van der Waals surface area contributed by atoms with Gasteiger partial charge >= 0.3 is 0 Å². The number of aromatic nitrogens is 2. The fourth-order valence-corrected chi connectivity index (χ4v) is 2.83. The Balaban J connectivity index is 2.25. The predicted molar refractivity (Wildman–Crippen MR) is 73.3 cm³/mol. The van der Waals surface area contributed by atoms with E-state index in [2.05, 4.69) is 41.9 Å². The zero-order chi connectivity index (χ0) is 12.3. The van der Waals surface area contributed by atoms with Crippen LogP contribution in [0.15, 0.2) is 17.6 Å². The third kappa shape index (κ3) is 2.76. The van der Waals surface area contributed by atoms with Gasteiger partial charge in [-0.2, -0.15) is 5.10 Å². The molecule has 0 radical (unpaired) electrons. The SMILES string of the molecule is CCCn1cc(-c2csc(CNC)c2)c(C)n1. The molecular formula is C13H19N3S. The van der Waals surface area contributed by atoms with Crippen molar-refractivity contribution in [1.82, 2.24) is 15.1 Å². The molecule has 0 bridgehead atoms. The Labute approximate surface area is 106 Å². The minimum absolute atomic E-state index is 0.937.